The highest BCUT2D eigenvalue weighted by Gasteiger charge is 2.23. The standard InChI is InChI=1S/C19H18FN7O4S/c1-32-8-7-16(22-18(28)12-3-2-4-14(9-12)27(30)31)19(29)23-17-10-13(5-6-15(17)20)26-11-21-24-25-26/h2-6,9-11,16H,7-8H2,1H3,(H,22,28)(H,23,29). The van der Waals surface area contributed by atoms with E-state index in [2.05, 4.69) is 26.2 Å². The van der Waals surface area contributed by atoms with Crippen LogP contribution >= 0.6 is 11.8 Å². The SMILES string of the molecule is CSCCC(NC(=O)c1cccc([N+](=O)[O-])c1)C(=O)Nc1cc(-n2cnnn2)ccc1F. The average Bonchev–Trinajstić information content (AvgIpc) is 3.33. The number of hydrogen-bond donors (Lipinski definition) is 2. The minimum Gasteiger partial charge on any atom is -0.340 e. The van der Waals surface area contributed by atoms with E-state index >= 15 is 0 Å². The van der Waals surface area contributed by atoms with E-state index in [0.717, 1.165) is 12.1 Å². The Morgan fingerprint density at radius 2 is 2.09 bits per heavy atom. The highest BCUT2D eigenvalue weighted by Crippen LogP contribution is 2.19. The van der Waals surface area contributed by atoms with Gasteiger partial charge in [-0.05, 0) is 53.1 Å². The number of nitrogens with one attached hydrogen (secondary N) is 2. The lowest BCUT2D eigenvalue weighted by Crippen LogP contribution is -2.44. The van der Waals surface area contributed by atoms with Gasteiger partial charge >= 0.3 is 0 Å². The molecule has 11 nitrogen and oxygen atoms in total. The molecule has 13 heteroatoms. The number of hydrogen-bond acceptors (Lipinski definition) is 8. The summed E-state index contributed by atoms with van der Waals surface area (Å²) < 4.78 is 15.6. The lowest BCUT2D eigenvalue weighted by molar-refractivity contribution is -0.384. The quantitative estimate of drug-likeness (QED) is 0.366. The summed E-state index contributed by atoms with van der Waals surface area (Å²) in [4.78, 5) is 35.8. The number of benzene rings is 2. The molecule has 0 saturated carbocycles. The van der Waals surface area contributed by atoms with E-state index in [1.807, 2.05) is 6.26 Å². The number of carbonyl (C=O) groups excluding carboxylic acids is 2. The number of non-ortho nitro benzene ring substituents is 1. The van der Waals surface area contributed by atoms with Crippen molar-refractivity contribution < 1.29 is 18.9 Å². The molecule has 0 radical (unpaired) electrons. The Labute approximate surface area is 185 Å². The van der Waals surface area contributed by atoms with Crippen LogP contribution in [0.5, 0.6) is 0 Å². The number of amides is 2. The summed E-state index contributed by atoms with van der Waals surface area (Å²) >= 11 is 1.47. The summed E-state index contributed by atoms with van der Waals surface area (Å²) in [5.41, 5.74) is 0.104. The molecule has 0 aliphatic rings. The smallest absolute Gasteiger partial charge is 0.270 e. The number of aromatic nitrogens is 4. The number of tetrazole rings is 1. The van der Waals surface area contributed by atoms with Crippen molar-refractivity contribution in [1.29, 1.82) is 0 Å². The van der Waals surface area contributed by atoms with Crippen LogP contribution in [-0.4, -0.2) is 55.0 Å². The van der Waals surface area contributed by atoms with Crippen LogP contribution in [0.2, 0.25) is 0 Å². The van der Waals surface area contributed by atoms with Gasteiger partial charge in [0.25, 0.3) is 11.6 Å². The van der Waals surface area contributed by atoms with Crippen LogP contribution in [0.15, 0.2) is 48.8 Å². The second kappa shape index (κ2) is 10.4. The van der Waals surface area contributed by atoms with E-state index < -0.39 is 28.6 Å². The monoisotopic (exact) mass is 459 g/mol. The van der Waals surface area contributed by atoms with Crippen molar-refractivity contribution in [2.75, 3.05) is 17.3 Å². The molecule has 0 aliphatic heterocycles. The largest absolute Gasteiger partial charge is 0.340 e. The molecule has 3 aromatic rings. The number of carbonyl (C=O) groups is 2. The molecule has 0 saturated heterocycles. The third-order valence-electron chi connectivity index (χ3n) is 4.37. The van der Waals surface area contributed by atoms with Crippen LogP contribution in [0.4, 0.5) is 15.8 Å². The fourth-order valence-corrected chi connectivity index (χ4v) is 3.23. The van der Waals surface area contributed by atoms with E-state index in [1.165, 1.54) is 53.1 Å². The summed E-state index contributed by atoms with van der Waals surface area (Å²) in [5, 5.41) is 26.7. The van der Waals surface area contributed by atoms with Gasteiger partial charge < -0.3 is 10.6 Å². The van der Waals surface area contributed by atoms with E-state index in [1.54, 1.807) is 0 Å². The summed E-state index contributed by atoms with van der Waals surface area (Å²) in [6.07, 6.45) is 3.42. The van der Waals surface area contributed by atoms with Crippen LogP contribution in [-0.2, 0) is 4.79 Å². The summed E-state index contributed by atoms with van der Waals surface area (Å²) in [6, 6.07) is 8.12. The van der Waals surface area contributed by atoms with E-state index in [0.29, 0.717) is 11.4 Å². The van der Waals surface area contributed by atoms with Crippen molar-refractivity contribution >= 4 is 35.0 Å². The number of rotatable bonds is 9. The fourth-order valence-electron chi connectivity index (χ4n) is 2.76. The molecule has 0 fully saturated rings. The van der Waals surface area contributed by atoms with Gasteiger partial charge in [-0.1, -0.05) is 6.07 Å². The lowest BCUT2D eigenvalue weighted by atomic mass is 10.1. The maximum Gasteiger partial charge on any atom is 0.270 e. The van der Waals surface area contributed by atoms with Crippen LogP contribution in [0, 0.1) is 15.9 Å². The minimum atomic E-state index is -0.995. The molecule has 0 bridgehead atoms. The minimum absolute atomic E-state index is 0.0352. The molecule has 3 rings (SSSR count). The zero-order valence-corrected chi connectivity index (χ0v) is 17.6. The average molecular weight is 459 g/mol. The number of thioether (sulfide) groups is 1. The first-order valence-corrected chi connectivity index (χ1v) is 10.7. The molecule has 1 aromatic heterocycles. The van der Waals surface area contributed by atoms with E-state index in [4.69, 9.17) is 0 Å². The van der Waals surface area contributed by atoms with Gasteiger partial charge in [0.15, 0.2) is 0 Å². The molecular formula is C19H18FN7O4S. The Bertz CT molecular complexity index is 1130. The van der Waals surface area contributed by atoms with Gasteiger partial charge in [-0.15, -0.1) is 5.10 Å². The van der Waals surface area contributed by atoms with Crippen molar-refractivity contribution in [3.05, 3.63) is 70.3 Å². The number of halogens is 1. The molecule has 2 aromatic carbocycles. The van der Waals surface area contributed by atoms with Crippen LogP contribution in [0.1, 0.15) is 16.8 Å². The van der Waals surface area contributed by atoms with Gasteiger partial charge in [0.05, 0.1) is 16.3 Å². The fraction of sp³-hybridized carbons (Fsp3) is 0.211. The van der Waals surface area contributed by atoms with Crippen molar-refractivity contribution in [1.82, 2.24) is 25.5 Å². The number of nitrogens with zero attached hydrogens (tertiary/aromatic N) is 5. The maximum atomic E-state index is 14.3. The van der Waals surface area contributed by atoms with Crippen molar-refractivity contribution in [2.45, 2.75) is 12.5 Å². The topological polar surface area (TPSA) is 145 Å². The maximum absolute atomic E-state index is 14.3. The molecule has 0 aliphatic carbocycles. The number of nitro benzene ring substituents is 1. The molecular weight excluding hydrogens is 441 g/mol. The van der Waals surface area contributed by atoms with Gasteiger partial charge in [0.1, 0.15) is 18.2 Å². The number of nitro groups is 1. The molecule has 2 N–H and O–H groups in total. The Kier molecular flexibility index (Phi) is 7.44. The van der Waals surface area contributed by atoms with E-state index in [-0.39, 0.29) is 23.4 Å². The van der Waals surface area contributed by atoms with Crippen LogP contribution in [0.3, 0.4) is 0 Å². The van der Waals surface area contributed by atoms with Crippen LogP contribution < -0.4 is 10.6 Å². The second-order valence-corrected chi connectivity index (χ2v) is 7.51. The first kappa shape index (κ1) is 22.8. The predicted octanol–water partition coefficient (Wildman–Crippen LogP) is 2.20. The molecule has 32 heavy (non-hydrogen) atoms. The number of anilines is 1. The van der Waals surface area contributed by atoms with Gasteiger partial charge in [-0.2, -0.15) is 11.8 Å². The third-order valence-corrected chi connectivity index (χ3v) is 5.02. The Balaban J connectivity index is 1.78. The Morgan fingerprint density at radius 1 is 1.28 bits per heavy atom. The van der Waals surface area contributed by atoms with Gasteiger partial charge in [0, 0.05) is 17.7 Å². The van der Waals surface area contributed by atoms with Gasteiger partial charge in [-0.3, -0.25) is 19.7 Å². The molecule has 1 atom stereocenters. The first-order valence-electron chi connectivity index (χ1n) is 9.27. The normalized spacial score (nSPS) is 11.6. The van der Waals surface area contributed by atoms with Gasteiger partial charge in [-0.25, -0.2) is 9.07 Å². The molecule has 2 amide bonds. The molecule has 166 valence electrons. The third kappa shape index (κ3) is 5.63. The lowest BCUT2D eigenvalue weighted by Gasteiger charge is -2.19. The highest BCUT2D eigenvalue weighted by atomic mass is 32.2. The van der Waals surface area contributed by atoms with Gasteiger partial charge in [0.2, 0.25) is 5.91 Å². The first-order chi connectivity index (χ1) is 15.4. The Morgan fingerprint density at radius 3 is 2.78 bits per heavy atom. The van der Waals surface area contributed by atoms with Crippen molar-refractivity contribution in [3.63, 3.8) is 0 Å². The summed E-state index contributed by atoms with van der Waals surface area (Å²) in [5.74, 6) is -1.42. The van der Waals surface area contributed by atoms with Crippen LogP contribution in [0.25, 0.3) is 5.69 Å². The zero-order chi connectivity index (χ0) is 23.1. The molecule has 1 heterocycles. The highest BCUT2D eigenvalue weighted by molar-refractivity contribution is 7.98. The zero-order valence-electron chi connectivity index (χ0n) is 16.8. The Hall–Kier alpha value is -3.87. The van der Waals surface area contributed by atoms with Crippen molar-refractivity contribution in [2.24, 2.45) is 0 Å². The second-order valence-electron chi connectivity index (χ2n) is 6.52. The summed E-state index contributed by atoms with van der Waals surface area (Å²) in [6.45, 7) is 0. The summed E-state index contributed by atoms with van der Waals surface area (Å²) in [7, 11) is 0. The van der Waals surface area contributed by atoms with E-state index in [9.17, 15) is 24.1 Å². The molecule has 0 spiro atoms. The van der Waals surface area contributed by atoms with Crippen molar-refractivity contribution in [3.8, 4) is 5.69 Å². The predicted molar refractivity (Wildman–Crippen MR) is 115 cm³/mol. The molecule has 1 unspecified atom stereocenters.